The van der Waals surface area contributed by atoms with Crippen LogP contribution in [0.4, 0.5) is 0 Å². The minimum atomic E-state index is 0.138. The second kappa shape index (κ2) is 6.68. The number of carbonyl (C=O) groups excluding carboxylic acids is 1. The van der Waals surface area contributed by atoms with Crippen LogP contribution in [0.25, 0.3) is 0 Å². The number of hydrogen-bond donors (Lipinski definition) is 1. The average Bonchev–Trinajstić information content (AvgIpc) is 2.48. The summed E-state index contributed by atoms with van der Waals surface area (Å²) in [4.78, 5) is 14.3. The van der Waals surface area contributed by atoms with Crippen molar-refractivity contribution < 1.29 is 9.53 Å². The topological polar surface area (TPSA) is 41.6 Å². The summed E-state index contributed by atoms with van der Waals surface area (Å²) in [7, 11) is 3.65. The number of hydrogen-bond acceptors (Lipinski definition) is 3. The van der Waals surface area contributed by atoms with Crippen molar-refractivity contribution >= 4 is 5.91 Å². The van der Waals surface area contributed by atoms with Crippen molar-refractivity contribution in [2.45, 2.75) is 25.5 Å². The lowest BCUT2D eigenvalue weighted by molar-refractivity contribution is 0.0707. The van der Waals surface area contributed by atoms with Crippen LogP contribution < -0.4 is 5.32 Å². The second-order valence-electron chi connectivity index (χ2n) is 4.99. The Labute approximate surface area is 114 Å². The number of carbonyl (C=O) groups is 1. The van der Waals surface area contributed by atoms with E-state index in [2.05, 4.69) is 5.32 Å². The van der Waals surface area contributed by atoms with Crippen LogP contribution in [0.5, 0.6) is 0 Å². The van der Waals surface area contributed by atoms with Gasteiger partial charge in [0, 0.05) is 31.8 Å². The Morgan fingerprint density at radius 3 is 2.47 bits per heavy atom. The molecule has 1 N–H and O–H groups in total. The van der Waals surface area contributed by atoms with E-state index in [0.29, 0.717) is 12.6 Å². The van der Waals surface area contributed by atoms with Crippen molar-refractivity contribution in [1.82, 2.24) is 10.2 Å². The Morgan fingerprint density at radius 1 is 1.32 bits per heavy atom. The van der Waals surface area contributed by atoms with Gasteiger partial charge in [-0.1, -0.05) is 12.1 Å². The number of amides is 1. The minimum Gasteiger partial charge on any atom is -0.380 e. The Bertz CT molecular complexity index is 409. The molecular weight excluding hydrogens is 240 g/mol. The molecule has 0 aromatic heterocycles. The van der Waals surface area contributed by atoms with E-state index >= 15 is 0 Å². The Morgan fingerprint density at radius 2 is 1.95 bits per heavy atom. The van der Waals surface area contributed by atoms with E-state index in [1.807, 2.05) is 36.2 Å². The lowest BCUT2D eigenvalue weighted by Crippen LogP contribution is -2.43. The van der Waals surface area contributed by atoms with E-state index in [0.717, 1.165) is 37.1 Å². The lowest BCUT2D eigenvalue weighted by atomic mass is 10.0. The van der Waals surface area contributed by atoms with E-state index < -0.39 is 0 Å². The highest BCUT2D eigenvalue weighted by Crippen LogP contribution is 2.14. The first-order chi connectivity index (χ1) is 9.24. The summed E-state index contributed by atoms with van der Waals surface area (Å²) in [5.41, 5.74) is 1.86. The van der Waals surface area contributed by atoms with Crippen molar-refractivity contribution in [3.63, 3.8) is 0 Å². The van der Waals surface area contributed by atoms with Crippen LogP contribution in [0.3, 0.4) is 0 Å². The van der Waals surface area contributed by atoms with Crippen LogP contribution in [0.2, 0.25) is 0 Å². The molecule has 19 heavy (non-hydrogen) atoms. The fourth-order valence-electron chi connectivity index (χ4n) is 2.46. The summed E-state index contributed by atoms with van der Waals surface area (Å²) in [6.45, 7) is 2.26. The zero-order valence-electron chi connectivity index (χ0n) is 11.7. The summed E-state index contributed by atoms with van der Waals surface area (Å²) in [5.74, 6) is 0.138. The molecule has 1 aromatic rings. The van der Waals surface area contributed by atoms with Crippen molar-refractivity contribution in [2.75, 3.05) is 27.2 Å². The highest BCUT2D eigenvalue weighted by molar-refractivity contribution is 5.94. The van der Waals surface area contributed by atoms with Gasteiger partial charge in [-0.15, -0.1) is 0 Å². The molecule has 1 fully saturated rings. The van der Waals surface area contributed by atoms with E-state index in [-0.39, 0.29) is 5.91 Å². The van der Waals surface area contributed by atoms with Gasteiger partial charge in [0.05, 0.1) is 6.61 Å². The highest BCUT2D eigenvalue weighted by atomic mass is 16.5. The first-order valence-electron chi connectivity index (χ1n) is 6.79. The largest absolute Gasteiger partial charge is 0.380 e. The first-order valence-corrected chi connectivity index (χ1v) is 6.79. The number of benzene rings is 1. The van der Waals surface area contributed by atoms with Crippen molar-refractivity contribution in [3.8, 4) is 0 Å². The SMILES string of the molecule is CNC1CCN(C(=O)c2ccc(COC)cc2)CC1. The van der Waals surface area contributed by atoms with Crippen LogP contribution in [-0.4, -0.2) is 44.1 Å². The normalized spacial score (nSPS) is 16.6. The maximum Gasteiger partial charge on any atom is 0.253 e. The molecule has 0 atom stereocenters. The fraction of sp³-hybridized carbons (Fsp3) is 0.533. The molecule has 1 amide bonds. The fourth-order valence-corrected chi connectivity index (χ4v) is 2.46. The predicted octanol–water partition coefficient (Wildman–Crippen LogP) is 1.66. The molecule has 0 saturated carbocycles. The summed E-state index contributed by atoms with van der Waals surface area (Å²) in [6.07, 6.45) is 2.06. The van der Waals surface area contributed by atoms with Gasteiger partial charge in [0.25, 0.3) is 5.91 Å². The first kappa shape index (κ1) is 14.0. The number of likely N-dealkylation sites (tertiary alicyclic amines) is 1. The number of nitrogens with one attached hydrogen (secondary N) is 1. The van der Waals surface area contributed by atoms with Crippen LogP contribution in [0, 0.1) is 0 Å². The van der Waals surface area contributed by atoms with E-state index in [9.17, 15) is 4.79 Å². The van der Waals surface area contributed by atoms with Crippen molar-refractivity contribution in [1.29, 1.82) is 0 Å². The third kappa shape index (κ3) is 3.55. The molecule has 2 rings (SSSR count). The van der Waals surface area contributed by atoms with Gasteiger partial charge in [-0.25, -0.2) is 0 Å². The average molecular weight is 262 g/mol. The molecule has 0 spiro atoms. The molecule has 104 valence electrons. The Balaban J connectivity index is 1.96. The van der Waals surface area contributed by atoms with E-state index in [4.69, 9.17) is 4.74 Å². The monoisotopic (exact) mass is 262 g/mol. The highest BCUT2D eigenvalue weighted by Gasteiger charge is 2.22. The number of methoxy groups -OCH3 is 1. The zero-order valence-corrected chi connectivity index (χ0v) is 11.7. The lowest BCUT2D eigenvalue weighted by Gasteiger charge is -2.31. The number of piperidine rings is 1. The van der Waals surface area contributed by atoms with Gasteiger partial charge >= 0.3 is 0 Å². The molecule has 1 saturated heterocycles. The smallest absolute Gasteiger partial charge is 0.253 e. The molecule has 4 heteroatoms. The van der Waals surface area contributed by atoms with Gasteiger partial charge in [0.15, 0.2) is 0 Å². The number of ether oxygens (including phenoxy) is 1. The summed E-state index contributed by atoms with van der Waals surface area (Å²) >= 11 is 0. The number of nitrogens with zero attached hydrogens (tertiary/aromatic N) is 1. The van der Waals surface area contributed by atoms with Gasteiger partial charge in [-0.3, -0.25) is 4.79 Å². The third-order valence-electron chi connectivity index (χ3n) is 3.70. The maximum atomic E-state index is 12.3. The second-order valence-corrected chi connectivity index (χ2v) is 4.99. The van der Waals surface area contributed by atoms with Crippen molar-refractivity contribution in [2.24, 2.45) is 0 Å². The molecule has 1 heterocycles. The van der Waals surface area contributed by atoms with Crippen LogP contribution in [-0.2, 0) is 11.3 Å². The molecule has 1 aliphatic rings. The van der Waals surface area contributed by atoms with Gasteiger partial charge < -0.3 is 15.0 Å². The van der Waals surface area contributed by atoms with E-state index in [1.54, 1.807) is 7.11 Å². The minimum absolute atomic E-state index is 0.138. The summed E-state index contributed by atoms with van der Waals surface area (Å²) in [5, 5.41) is 3.27. The van der Waals surface area contributed by atoms with Crippen molar-refractivity contribution in [3.05, 3.63) is 35.4 Å². The molecule has 4 nitrogen and oxygen atoms in total. The van der Waals surface area contributed by atoms with Gasteiger partial charge in [-0.05, 0) is 37.6 Å². The Hall–Kier alpha value is -1.39. The summed E-state index contributed by atoms with van der Waals surface area (Å²) < 4.78 is 5.07. The molecule has 0 unspecified atom stereocenters. The molecule has 0 aliphatic carbocycles. The maximum absolute atomic E-state index is 12.3. The molecular formula is C15H22N2O2. The number of rotatable bonds is 4. The van der Waals surface area contributed by atoms with Crippen LogP contribution >= 0.6 is 0 Å². The molecule has 1 aromatic carbocycles. The molecule has 0 radical (unpaired) electrons. The quantitative estimate of drug-likeness (QED) is 0.897. The van der Waals surface area contributed by atoms with Gasteiger partial charge in [0.2, 0.25) is 0 Å². The standard InChI is InChI=1S/C15H22N2O2/c1-16-14-7-9-17(10-8-14)15(18)13-5-3-12(4-6-13)11-19-2/h3-6,14,16H,7-11H2,1-2H3. The third-order valence-corrected chi connectivity index (χ3v) is 3.70. The van der Waals surface area contributed by atoms with E-state index in [1.165, 1.54) is 0 Å². The predicted molar refractivity (Wildman–Crippen MR) is 75.1 cm³/mol. The van der Waals surface area contributed by atoms with Crippen LogP contribution in [0.1, 0.15) is 28.8 Å². The summed E-state index contributed by atoms with van der Waals surface area (Å²) in [6, 6.07) is 8.24. The Kier molecular flexibility index (Phi) is 4.93. The molecule has 1 aliphatic heterocycles. The van der Waals surface area contributed by atoms with Gasteiger partial charge in [0.1, 0.15) is 0 Å². The van der Waals surface area contributed by atoms with Gasteiger partial charge in [-0.2, -0.15) is 0 Å². The van der Waals surface area contributed by atoms with Crippen LogP contribution in [0.15, 0.2) is 24.3 Å². The zero-order chi connectivity index (χ0) is 13.7. The molecule has 0 bridgehead atoms.